The van der Waals surface area contributed by atoms with Crippen molar-refractivity contribution in [1.82, 2.24) is 24.1 Å². The Labute approximate surface area is 196 Å². The molecular weight excluding hydrogens is 471 g/mol. The summed E-state index contributed by atoms with van der Waals surface area (Å²) in [7, 11) is 1.81. The number of fused-ring (bicyclic) bond motifs is 1. The summed E-state index contributed by atoms with van der Waals surface area (Å²) in [6.07, 6.45) is 5.99. The van der Waals surface area contributed by atoms with Gasteiger partial charge in [-0.1, -0.05) is 11.6 Å². The van der Waals surface area contributed by atoms with Crippen molar-refractivity contribution < 1.29 is 17.9 Å². The van der Waals surface area contributed by atoms with Gasteiger partial charge in [0.25, 0.3) is 5.56 Å². The van der Waals surface area contributed by atoms with E-state index in [9.17, 15) is 18.0 Å². The highest BCUT2D eigenvalue weighted by Gasteiger charge is 2.29. The van der Waals surface area contributed by atoms with Gasteiger partial charge in [0.1, 0.15) is 16.5 Å². The van der Waals surface area contributed by atoms with Crippen molar-refractivity contribution in [2.45, 2.75) is 31.8 Å². The average molecular weight is 490 g/mol. The molecular formula is C23H19ClF3N5O2. The van der Waals surface area contributed by atoms with Crippen LogP contribution in [0.4, 0.5) is 13.2 Å². The summed E-state index contributed by atoms with van der Waals surface area (Å²) in [5, 5.41) is 4.09. The molecule has 0 unspecified atom stereocenters. The summed E-state index contributed by atoms with van der Waals surface area (Å²) >= 11 is 6.15. The van der Waals surface area contributed by atoms with Crippen LogP contribution in [0.1, 0.15) is 41.8 Å². The molecule has 0 bridgehead atoms. The molecule has 1 aliphatic heterocycles. The standard InChI is InChI=1S/C23H19ClF3N5O2/c1-11-20(24)23(33)32-10-18(12-3-4-34-19(5-12)13-8-28-31(2)9-13)30-21(22(32)29-11)14-6-16(26)17(27)7-15(14)25/h6-10,12,19H,3-5H2,1-2H3/t12-,19-/m1/s1. The average Bonchev–Trinajstić information content (AvgIpc) is 3.26. The molecule has 34 heavy (non-hydrogen) atoms. The molecule has 1 aliphatic rings. The zero-order valence-corrected chi connectivity index (χ0v) is 19.0. The molecule has 4 aromatic rings. The minimum atomic E-state index is -1.32. The van der Waals surface area contributed by atoms with E-state index >= 15 is 0 Å². The van der Waals surface area contributed by atoms with Gasteiger partial charge in [0, 0.05) is 49.2 Å². The molecule has 0 saturated carbocycles. The van der Waals surface area contributed by atoms with Crippen molar-refractivity contribution in [2.24, 2.45) is 7.05 Å². The fourth-order valence-corrected chi connectivity index (χ4v) is 4.36. The van der Waals surface area contributed by atoms with Gasteiger partial charge in [-0.25, -0.2) is 23.1 Å². The monoisotopic (exact) mass is 489 g/mol. The topological polar surface area (TPSA) is 74.3 Å². The maximum absolute atomic E-state index is 14.8. The summed E-state index contributed by atoms with van der Waals surface area (Å²) in [5.41, 5.74) is 0.639. The first-order valence-electron chi connectivity index (χ1n) is 10.6. The van der Waals surface area contributed by atoms with E-state index < -0.39 is 23.0 Å². The SMILES string of the molecule is Cc1nc2c(-c3cc(F)c(F)cc3F)nc([C@@H]3CCO[C@@H](c4cnn(C)c4)C3)cn2c(=O)c1Cl. The number of nitrogens with zero attached hydrogens (tertiary/aromatic N) is 5. The Kier molecular flexibility index (Phi) is 5.65. The van der Waals surface area contributed by atoms with Crippen LogP contribution in [-0.2, 0) is 11.8 Å². The van der Waals surface area contributed by atoms with Crippen LogP contribution in [0.15, 0.2) is 35.5 Å². The van der Waals surface area contributed by atoms with Gasteiger partial charge in [0.15, 0.2) is 17.3 Å². The Morgan fingerprint density at radius 3 is 2.62 bits per heavy atom. The Bertz CT molecular complexity index is 1490. The molecule has 2 atom stereocenters. The summed E-state index contributed by atoms with van der Waals surface area (Å²) in [5.74, 6) is -3.75. The van der Waals surface area contributed by atoms with E-state index in [0.717, 1.165) is 11.6 Å². The van der Waals surface area contributed by atoms with Crippen molar-refractivity contribution in [2.75, 3.05) is 6.61 Å². The van der Waals surface area contributed by atoms with Crippen LogP contribution in [-0.4, -0.2) is 30.8 Å². The molecule has 1 fully saturated rings. The van der Waals surface area contributed by atoms with Gasteiger partial charge in [0.2, 0.25) is 0 Å². The van der Waals surface area contributed by atoms with E-state index in [-0.39, 0.29) is 39.6 Å². The van der Waals surface area contributed by atoms with Crippen molar-refractivity contribution in [3.05, 3.63) is 80.5 Å². The van der Waals surface area contributed by atoms with Gasteiger partial charge in [-0.3, -0.25) is 13.9 Å². The largest absolute Gasteiger partial charge is 0.373 e. The van der Waals surface area contributed by atoms with Gasteiger partial charge < -0.3 is 4.74 Å². The molecule has 0 N–H and O–H groups in total. The number of hydrogen-bond acceptors (Lipinski definition) is 5. The Balaban J connectivity index is 1.69. The summed E-state index contributed by atoms with van der Waals surface area (Å²) in [6, 6.07) is 1.17. The molecule has 5 rings (SSSR count). The fraction of sp³-hybridized carbons (Fsp3) is 0.304. The molecule has 1 aromatic carbocycles. The van der Waals surface area contributed by atoms with Crippen molar-refractivity contribution >= 4 is 17.2 Å². The molecule has 7 nitrogen and oxygen atoms in total. The van der Waals surface area contributed by atoms with Crippen LogP contribution in [0, 0.1) is 24.4 Å². The highest BCUT2D eigenvalue weighted by atomic mass is 35.5. The third-order valence-electron chi connectivity index (χ3n) is 6.00. The molecule has 3 aromatic heterocycles. The third kappa shape index (κ3) is 3.86. The second-order valence-corrected chi connectivity index (χ2v) is 8.68. The number of benzene rings is 1. The van der Waals surface area contributed by atoms with E-state index in [1.807, 2.05) is 13.2 Å². The van der Waals surface area contributed by atoms with Crippen molar-refractivity contribution in [3.63, 3.8) is 0 Å². The first-order valence-corrected chi connectivity index (χ1v) is 10.9. The van der Waals surface area contributed by atoms with Crippen LogP contribution < -0.4 is 5.56 Å². The van der Waals surface area contributed by atoms with E-state index in [1.54, 1.807) is 10.9 Å². The molecule has 0 aliphatic carbocycles. The normalized spacial score (nSPS) is 18.5. The third-order valence-corrected chi connectivity index (χ3v) is 6.44. The smallest absolute Gasteiger partial charge is 0.277 e. The van der Waals surface area contributed by atoms with E-state index in [0.29, 0.717) is 31.2 Å². The molecule has 4 heterocycles. The van der Waals surface area contributed by atoms with Gasteiger partial charge in [-0.05, 0) is 25.8 Å². The van der Waals surface area contributed by atoms with Crippen LogP contribution >= 0.6 is 11.6 Å². The second kappa shape index (κ2) is 8.52. The lowest BCUT2D eigenvalue weighted by Gasteiger charge is -2.29. The number of hydrogen-bond donors (Lipinski definition) is 0. The molecule has 176 valence electrons. The Hall–Kier alpha value is -3.24. The molecule has 1 saturated heterocycles. The predicted molar refractivity (Wildman–Crippen MR) is 118 cm³/mol. The molecule has 0 spiro atoms. The molecule has 11 heteroatoms. The lowest BCUT2D eigenvalue weighted by atomic mass is 9.90. The quantitative estimate of drug-likeness (QED) is 0.396. The highest BCUT2D eigenvalue weighted by molar-refractivity contribution is 6.31. The van der Waals surface area contributed by atoms with E-state index in [1.165, 1.54) is 17.5 Å². The van der Waals surface area contributed by atoms with Crippen LogP contribution in [0.3, 0.4) is 0 Å². The van der Waals surface area contributed by atoms with Gasteiger partial charge >= 0.3 is 0 Å². The first-order chi connectivity index (χ1) is 16.2. The number of aromatic nitrogens is 5. The lowest BCUT2D eigenvalue weighted by molar-refractivity contribution is 0.00455. The number of halogens is 4. The molecule has 0 amide bonds. The van der Waals surface area contributed by atoms with Crippen molar-refractivity contribution in [3.8, 4) is 11.3 Å². The lowest BCUT2D eigenvalue weighted by Crippen LogP contribution is -2.23. The van der Waals surface area contributed by atoms with Gasteiger partial charge in [-0.2, -0.15) is 5.10 Å². The second-order valence-electron chi connectivity index (χ2n) is 8.30. The highest BCUT2D eigenvalue weighted by Crippen LogP contribution is 2.38. The van der Waals surface area contributed by atoms with Crippen LogP contribution in [0.25, 0.3) is 16.9 Å². The zero-order chi connectivity index (χ0) is 24.1. The van der Waals surface area contributed by atoms with Crippen LogP contribution in [0.5, 0.6) is 0 Å². The molecule has 0 radical (unpaired) electrons. The fourth-order valence-electron chi connectivity index (χ4n) is 4.23. The maximum atomic E-state index is 14.8. The Morgan fingerprint density at radius 1 is 1.12 bits per heavy atom. The summed E-state index contributed by atoms with van der Waals surface area (Å²) in [6.45, 7) is 1.96. The Morgan fingerprint density at radius 2 is 1.88 bits per heavy atom. The minimum Gasteiger partial charge on any atom is -0.373 e. The maximum Gasteiger partial charge on any atom is 0.277 e. The summed E-state index contributed by atoms with van der Waals surface area (Å²) < 4.78 is 51.2. The van der Waals surface area contributed by atoms with E-state index in [2.05, 4.69) is 15.1 Å². The number of ether oxygens (including phenoxy) is 1. The van der Waals surface area contributed by atoms with Crippen molar-refractivity contribution in [1.29, 1.82) is 0 Å². The van der Waals surface area contributed by atoms with E-state index in [4.69, 9.17) is 16.3 Å². The summed E-state index contributed by atoms with van der Waals surface area (Å²) in [4.78, 5) is 21.9. The zero-order valence-electron chi connectivity index (χ0n) is 18.2. The van der Waals surface area contributed by atoms with Crippen LogP contribution in [0.2, 0.25) is 5.02 Å². The van der Waals surface area contributed by atoms with Gasteiger partial charge in [0.05, 0.1) is 23.7 Å². The van der Waals surface area contributed by atoms with Gasteiger partial charge in [-0.15, -0.1) is 0 Å². The predicted octanol–water partition coefficient (Wildman–Crippen LogP) is 4.50. The minimum absolute atomic E-state index is 0.00331. The first kappa shape index (κ1) is 22.5. The number of rotatable bonds is 3. The number of aryl methyl sites for hydroxylation is 2.